The van der Waals surface area contributed by atoms with E-state index in [0.717, 1.165) is 22.9 Å². The molecule has 2 aromatic heterocycles. The monoisotopic (exact) mass is 331 g/mol. The van der Waals surface area contributed by atoms with Crippen LogP contribution in [0.5, 0.6) is 0 Å². The first kappa shape index (κ1) is 14.8. The molecule has 1 N–H and O–H groups in total. The number of nitrogens with zero attached hydrogens (tertiary/aromatic N) is 1. The zero-order valence-electron chi connectivity index (χ0n) is 11.5. The van der Waals surface area contributed by atoms with Gasteiger partial charge in [-0.15, -0.1) is 11.3 Å². The summed E-state index contributed by atoms with van der Waals surface area (Å²) in [4.78, 5) is 30.7. The van der Waals surface area contributed by atoms with Crippen molar-refractivity contribution in [3.63, 3.8) is 0 Å². The van der Waals surface area contributed by atoms with E-state index in [9.17, 15) is 14.7 Å². The van der Waals surface area contributed by atoms with Crippen molar-refractivity contribution in [1.29, 1.82) is 0 Å². The predicted octanol–water partition coefficient (Wildman–Crippen LogP) is 1.88. The van der Waals surface area contributed by atoms with Gasteiger partial charge in [-0.2, -0.15) is 0 Å². The topological polar surface area (TPSA) is 85.9 Å². The highest BCUT2D eigenvalue weighted by atomic mass is 32.2. The number of fused-ring (bicyclic) bond motifs is 1. The van der Waals surface area contributed by atoms with E-state index in [4.69, 9.17) is 0 Å². The Morgan fingerprint density at radius 2 is 2.09 bits per heavy atom. The molecule has 7 heteroatoms. The highest BCUT2D eigenvalue weighted by molar-refractivity contribution is 8.00. The van der Waals surface area contributed by atoms with Gasteiger partial charge in [0.1, 0.15) is 4.83 Å². The number of carboxylic acids is 1. The zero-order valence-corrected chi connectivity index (χ0v) is 13.2. The van der Waals surface area contributed by atoms with E-state index in [0.29, 0.717) is 10.2 Å². The number of rotatable bonds is 4. The van der Waals surface area contributed by atoms with Crippen LogP contribution in [-0.2, 0) is 4.79 Å². The van der Waals surface area contributed by atoms with Crippen molar-refractivity contribution in [2.45, 2.75) is 17.3 Å². The quantitative estimate of drug-likeness (QED) is 0.583. The molecule has 22 heavy (non-hydrogen) atoms. The fourth-order valence-corrected chi connectivity index (χ4v) is 3.76. The van der Waals surface area contributed by atoms with Gasteiger partial charge in [0.2, 0.25) is 0 Å². The van der Waals surface area contributed by atoms with Crippen LogP contribution in [0.1, 0.15) is 6.92 Å². The molecule has 0 aliphatic carbocycles. The largest absolute Gasteiger partial charge is 0.549 e. The molecule has 3 aromatic rings. The molecule has 0 fully saturated rings. The average Bonchev–Trinajstić information content (AvgIpc) is 2.92. The summed E-state index contributed by atoms with van der Waals surface area (Å²) in [6.07, 6.45) is 0. The molecule has 0 spiro atoms. The molecular weight excluding hydrogens is 320 g/mol. The molecule has 0 radical (unpaired) electrons. The summed E-state index contributed by atoms with van der Waals surface area (Å²) in [6.45, 7) is 1.49. The average molecular weight is 331 g/mol. The second-order valence-electron chi connectivity index (χ2n) is 4.65. The third-order valence-electron chi connectivity index (χ3n) is 3.13. The number of aliphatic carboxylic acids is 1. The third kappa shape index (κ3) is 2.77. The third-order valence-corrected chi connectivity index (χ3v) is 4.96. The van der Waals surface area contributed by atoms with Gasteiger partial charge in [-0.25, -0.2) is 4.98 Å². The van der Waals surface area contributed by atoms with Crippen molar-refractivity contribution in [1.82, 2.24) is 9.97 Å². The van der Waals surface area contributed by atoms with Crippen LogP contribution in [0, 0.1) is 0 Å². The van der Waals surface area contributed by atoms with Crippen molar-refractivity contribution in [2.24, 2.45) is 0 Å². The molecule has 1 atom stereocenters. The molecule has 0 aliphatic heterocycles. The summed E-state index contributed by atoms with van der Waals surface area (Å²) < 4.78 is 0. The number of nitrogens with one attached hydrogen (secondary N) is 1. The highest BCUT2D eigenvalue weighted by Gasteiger charge is 2.14. The molecule has 112 valence electrons. The fraction of sp³-hybridized carbons (Fsp3) is 0.133. The molecule has 0 bridgehead atoms. The Bertz CT molecular complexity index is 887. The predicted molar refractivity (Wildman–Crippen MR) is 86.0 cm³/mol. The van der Waals surface area contributed by atoms with Gasteiger partial charge in [-0.05, 0) is 12.5 Å². The molecule has 5 nitrogen and oxygen atoms in total. The number of hydrogen-bond acceptors (Lipinski definition) is 6. The second kappa shape index (κ2) is 5.94. The van der Waals surface area contributed by atoms with Crippen LogP contribution >= 0.6 is 23.1 Å². The van der Waals surface area contributed by atoms with E-state index in [-0.39, 0.29) is 10.7 Å². The number of carbonyl (C=O) groups excluding carboxylic acids is 1. The molecule has 2 heterocycles. The first-order chi connectivity index (χ1) is 10.6. The number of benzene rings is 1. The molecule has 0 saturated carbocycles. The molecule has 0 aliphatic rings. The van der Waals surface area contributed by atoms with Gasteiger partial charge in [-0.3, -0.25) is 4.79 Å². The molecule has 0 saturated heterocycles. The maximum atomic E-state index is 12.3. The first-order valence-corrected chi connectivity index (χ1v) is 8.26. The van der Waals surface area contributed by atoms with Crippen molar-refractivity contribution >= 4 is 39.3 Å². The van der Waals surface area contributed by atoms with Crippen LogP contribution in [0.3, 0.4) is 0 Å². The van der Waals surface area contributed by atoms with Gasteiger partial charge >= 0.3 is 0 Å². The summed E-state index contributed by atoms with van der Waals surface area (Å²) in [5, 5.41) is 12.7. The minimum Gasteiger partial charge on any atom is -0.549 e. The van der Waals surface area contributed by atoms with E-state index >= 15 is 0 Å². The van der Waals surface area contributed by atoms with E-state index in [1.165, 1.54) is 18.3 Å². The standard InChI is InChI=1S/C15H12N2O3S2/c1-8(14(19)20)22-15-16-12(18)11-10(7-21-13(11)17-15)9-5-3-2-4-6-9/h2-8H,1H3,(H,19,20)(H,16,17,18)/p-1/t8-/m0/s1. The number of hydrogen-bond donors (Lipinski definition) is 1. The second-order valence-corrected chi connectivity index (χ2v) is 6.83. The lowest BCUT2D eigenvalue weighted by atomic mass is 10.1. The van der Waals surface area contributed by atoms with Crippen molar-refractivity contribution < 1.29 is 9.90 Å². The maximum absolute atomic E-state index is 12.3. The molecule has 3 rings (SSSR count). The number of H-pyrrole nitrogens is 1. The SMILES string of the molecule is C[C@H](Sc1nc2scc(-c3ccccc3)c2c(=O)[nH]1)C(=O)[O-]. The summed E-state index contributed by atoms with van der Waals surface area (Å²) >= 11 is 2.33. The summed E-state index contributed by atoms with van der Waals surface area (Å²) in [6, 6.07) is 9.60. The summed E-state index contributed by atoms with van der Waals surface area (Å²) in [7, 11) is 0. The smallest absolute Gasteiger partial charge is 0.260 e. The van der Waals surface area contributed by atoms with E-state index < -0.39 is 11.2 Å². The minimum atomic E-state index is -1.19. The number of carboxylic acid groups (broad SMARTS) is 1. The Kier molecular flexibility index (Phi) is 4.00. The first-order valence-electron chi connectivity index (χ1n) is 6.50. The highest BCUT2D eigenvalue weighted by Crippen LogP contribution is 2.31. The molecule has 0 amide bonds. The zero-order chi connectivity index (χ0) is 15.7. The lowest BCUT2D eigenvalue weighted by molar-refractivity contribution is -0.304. The van der Waals surface area contributed by atoms with E-state index in [1.54, 1.807) is 0 Å². The Morgan fingerprint density at radius 3 is 2.77 bits per heavy atom. The van der Waals surface area contributed by atoms with Gasteiger partial charge in [0.25, 0.3) is 5.56 Å². The summed E-state index contributed by atoms with van der Waals surface area (Å²) in [5.74, 6) is -1.19. The Hall–Kier alpha value is -2.12. The van der Waals surface area contributed by atoms with Crippen LogP contribution in [0.25, 0.3) is 21.3 Å². The maximum Gasteiger partial charge on any atom is 0.260 e. The Labute approximate surface area is 134 Å². The van der Waals surface area contributed by atoms with Crippen LogP contribution in [-0.4, -0.2) is 21.2 Å². The normalized spacial score (nSPS) is 12.4. The summed E-state index contributed by atoms with van der Waals surface area (Å²) in [5.41, 5.74) is 1.52. The van der Waals surface area contributed by atoms with Crippen LogP contribution < -0.4 is 10.7 Å². The lowest BCUT2D eigenvalue weighted by Crippen LogP contribution is -2.31. The Morgan fingerprint density at radius 1 is 1.36 bits per heavy atom. The van der Waals surface area contributed by atoms with E-state index in [1.807, 2.05) is 35.7 Å². The van der Waals surface area contributed by atoms with Crippen molar-refractivity contribution in [3.05, 3.63) is 46.1 Å². The van der Waals surface area contributed by atoms with Crippen molar-refractivity contribution in [3.8, 4) is 11.1 Å². The van der Waals surface area contributed by atoms with Gasteiger partial charge in [0.15, 0.2) is 5.16 Å². The number of thiophene rings is 1. The van der Waals surface area contributed by atoms with Crippen LogP contribution in [0.4, 0.5) is 0 Å². The minimum absolute atomic E-state index is 0.266. The van der Waals surface area contributed by atoms with Gasteiger partial charge in [-0.1, -0.05) is 42.1 Å². The van der Waals surface area contributed by atoms with Crippen LogP contribution in [0.2, 0.25) is 0 Å². The molecular formula is C15H11N2O3S2-. The fourth-order valence-electron chi connectivity index (χ4n) is 2.03. The molecule has 0 unspecified atom stereocenters. The van der Waals surface area contributed by atoms with Crippen molar-refractivity contribution in [2.75, 3.05) is 0 Å². The van der Waals surface area contributed by atoms with Gasteiger partial charge in [0, 0.05) is 16.2 Å². The van der Waals surface area contributed by atoms with Crippen LogP contribution in [0.15, 0.2) is 45.7 Å². The number of aromatic amines is 1. The number of carbonyl (C=O) groups is 1. The van der Waals surface area contributed by atoms with Gasteiger partial charge < -0.3 is 14.9 Å². The van der Waals surface area contributed by atoms with Gasteiger partial charge in [0.05, 0.1) is 11.4 Å². The number of thioether (sulfide) groups is 1. The Balaban J connectivity index is 2.07. The number of aromatic nitrogens is 2. The molecule has 1 aromatic carbocycles. The van der Waals surface area contributed by atoms with E-state index in [2.05, 4.69) is 9.97 Å². The lowest BCUT2D eigenvalue weighted by Gasteiger charge is -2.10.